The second-order valence-electron chi connectivity index (χ2n) is 10.6. The Bertz CT molecular complexity index is 518. The maximum Gasteiger partial charge on any atom is 0.220 e. The molecule has 3 N–H and O–H groups in total. The number of carbonyl (C=O) groups excluding carboxylic acids is 1. The van der Waals surface area contributed by atoms with Crippen LogP contribution in [0.2, 0.25) is 0 Å². The molecule has 0 aromatic rings. The van der Waals surface area contributed by atoms with Gasteiger partial charge in [-0.25, -0.2) is 0 Å². The van der Waals surface area contributed by atoms with E-state index in [-0.39, 0.29) is 12.5 Å². The maximum atomic E-state index is 12.2. The summed E-state index contributed by atoms with van der Waals surface area (Å²) in [7, 11) is 0. The molecule has 0 aliphatic heterocycles. The number of nitrogens with one attached hydrogen (secondary N) is 1. The Morgan fingerprint density at radius 1 is 0.667 bits per heavy atom. The van der Waals surface area contributed by atoms with Crippen molar-refractivity contribution in [3.8, 4) is 0 Å². The lowest BCUT2D eigenvalue weighted by molar-refractivity contribution is -0.123. The van der Waals surface area contributed by atoms with E-state index in [4.69, 9.17) is 0 Å². The quantitative estimate of drug-likeness (QED) is 0.0770. The molecule has 1 amide bonds. The predicted molar refractivity (Wildman–Crippen MR) is 156 cm³/mol. The van der Waals surface area contributed by atoms with E-state index in [9.17, 15) is 15.0 Å². The predicted octanol–water partition coefficient (Wildman–Crippen LogP) is 8.56. The van der Waals surface area contributed by atoms with Crippen LogP contribution in [-0.4, -0.2) is 34.9 Å². The lowest BCUT2D eigenvalue weighted by Crippen LogP contribution is -2.45. The van der Waals surface area contributed by atoms with Crippen LogP contribution in [0, 0.1) is 0 Å². The Labute approximate surface area is 224 Å². The Morgan fingerprint density at radius 3 is 1.58 bits per heavy atom. The standard InChI is InChI=1S/C32H61NO3/c1-3-5-7-9-11-13-14-15-16-17-18-20-22-24-26-28-32(36)33-30(29-34)31(35)27-25-23-21-19-12-10-8-6-4-2/h21,23,25,27,30-31,34-35H,3-20,22,24,26,28-29H2,1-2H3,(H,33,36)/b23-21+,27-25+/t30-,31+/m0/s1. The van der Waals surface area contributed by atoms with E-state index in [1.807, 2.05) is 6.08 Å². The van der Waals surface area contributed by atoms with E-state index in [0.717, 1.165) is 19.3 Å². The van der Waals surface area contributed by atoms with Gasteiger partial charge in [0.05, 0.1) is 18.8 Å². The molecule has 0 spiro atoms. The van der Waals surface area contributed by atoms with Crippen LogP contribution in [0.25, 0.3) is 0 Å². The summed E-state index contributed by atoms with van der Waals surface area (Å²) in [6, 6.07) is -0.646. The summed E-state index contributed by atoms with van der Waals surface area (Å²) < 4.78 is 0. The maximum absolute atomic E-state index is 12.2. The zero-order chi connectivity index (χ0) is 26.5. The van der Waals surface area contributed by atoms with Crippen LogP contribution in [0.1, 0.15) is 155 Å². The van der Waals surface area contributed by atoms with Crippen molar-refractivity contribution in [1.29, 1.82) is 0 Å². The van der Waals surface area contributed by atoms with Gasteiger partial charge in [0.25, 0.3) is 0 Å². The highest BCUT2D eigenvalue weighted by molar-refractivity contribution is 5.76. The van der Waals surface area contributed by atoms with Crippen LogP contribution in [0.3, 0.4) is 0 Å². The van der Waals surface area contributed by atoms with Crippen LogP contribution in [-0.2, 0) is 4.79 Å². The third-order valence-electron chi connectivity index (χ3n) is 6.99. The molecular weight excluding hydrogens is 446 g/mol. The number of carbonyl (C=O) groups is 1. The number of aliphatic hydroxyl groups is 2. The molecule has 4 heteroatoms. The summed E-state index contributed by atoms with van der Waals surface area (Å²) in [5.74, 6) is -0.0844. The number of unbranched alkanes of at least 4 members (excludes halogenated alkanes) is 19. The molecule has 0 radical (unpaired) electrons. The molecule has 0 aliphatic rings. The fourth-order valence-electron chi connectivity index (χ4n) is 4.53. The van der Waals surface area contributed by atoms with E-state index < -0.39 is 12.1 Å². The Kier molecular flexibility index (Phi) is 27.5. The average molecular weight is 508 g/mol. The average Bonchev–Trinajstić information content (AvgIpc) is 2.88. The fourth-order valence-corrected chi connectivity index (χ4v) is 4.53. The fraction of sp³-hybridized carbons (Fsp3) is 0.844. The number of hydrogen-bond acceptors (Lipinski definition) is 3. The Hall–Kier alpha value is -1.13. The summed E-state index contributed by atoms with van der Waals surface area (Å²) in [5.41, 5.74) is 0. The number of rotatable bonds is 27. The topological polar surface area (TPSA) is 69.6 Å². The van der Waals surface area contributed by atoms with Gasteiger partial charge in [-0.1, -0.05) is 154 Å². The molecule has 2 atom stereocenters. The van der Waals surface area contributed by atoms with Crippen molar-refractivity contribution in [2.24, 2.45) is 0 Å². The third kappa shape index (κ3) is 24.6. The van der Waals surface area contributed by atoms with E-state index in [1.54, 1.807) is 12.2 Å². The SMILES string of the molecule is CCCCCCC/C=C/C=C/[C@@H](O)[C@H](CO)NC(=O)CCCCCCCCCCCCCCCCC. The zero-order valence-electron chi connectivity index (χ0n) is 24.0. The van der Waals surface area contributed by atoms with E-state index >= 15 is 0 Å². The molecule has 0 aromatic heterocycles. The summed E-state index contributed by atoms with van der Waals surface area (Å²) in [4.78, 5) is 12.2. The van der Waals surface area contributed by atoms with Gasteiger partial charge in [0, 0.05) is 6.42 Å². The first-order chi connectivity index (χ1) is 17.7. The molecule has 0 bridgehead atoms. The molecule has 0 aliphatic carbocycles. The number of aliphatic hydroxyl groups excluding tert-OH is 2. The summed E-state index contributed by atoms with van der Waals surface area (Å²) >= 11 is 0. The highest BCUT2D eigenvalue weighted by Crippen LogP contribution is 2.14. The normalized spacial score (nSPS) is 13.6. The van der Waals surface area contributed by atoms with E-state index in [0.29, 0.717) is 6.42 Å². The van der Waals surface area contributed by atoms with Gasteiger partial charge in [0.15, 0.2) is 0 Å². The molecule has 0 heterocycles. The van der Waals surface area contributed by atoms with Gasteiger partial charge in [-0.2, -0.15) is 0 Å². The van der Waals surface area contributed by atoms with Crippen molar-refractivity contribution in [2.45, 2.75) is 167 Å². The Morgan fingerprint density at radius 2 is 1.11 bits per heavy atom. The van der Waals surface area contributed by atoms with E-state index in [1.165, 1.54) is 116 Å². The minimum absolute atomic E-state index is 0.0844. The monoisotopic (exact) mass is 507 g/mol. The van der Waals surface area contributed by atoms with Gasteiger partial charge in [0.1, 0.15) is 0 Å². The number of hydrogen-bond donors (Lipinski definition) is 3. The Balaban J connectivity index is 3.67. The van der Waals surface area contributed by atoms with Crippen LogP contribution in [0.15, 0.2) is 24.3 Å². The van der Waals surface area contributed by atoms with Crippen LogP contribution >= 0.6 is 0 Å². The molecule has 36 heavy (non-hydrogen) atoms. The summed E-state index contributed by atoms with van der Waals surface area (Å²) in [5, 5.41) is 22.6. The molecule has 0 saturated heterocycles. The second kappa shape index (κ2) is 28.4. The van der Waals surface area contributed by atoms with Crippen molar-refractivity contribution in [3.05, 3.63) is 24.3 Å². The summed E-state index contributed by atoms with van der Waals surface area (Å²) in [6.07, 6.45) is 34.0. The molecule has 0 fully saturated rings. The molecule has 0 saturated carbocycles. The smallest absolute Gasteiger partial charge is 0.220 e. The van der Waals surface area contributed by atoms with Gasteiger partial charge in [-0.3, -0.25) is 4.79 Å². The van der Waals surface area contributed by atoms with Crippen LogP contribution < -0.4 is 5.32 Å². The highest BCUT2D eigenvalue weighted by Gasteiger charge is 2.17. The first-order valence-electron chi connectivity index (χ1n) is 15.6. The first-order valence-corrected chi connectivity index (χ1v) is 15.6. The highest BCUT2D eigenvalue weighted by atomic mass is 16.3. The van der Waals surface area contributed by atoms with Crippen LogP contribution in [0.4, 0.5) is 0 Å². The van der Waals surface area contributed by atoms with Crippen LogP contribution in [0.5, 0.6) is 0 Å². The molecular formula is C32H61NO3. The first kappa shape index (κ1) is 34.9. The van der Waals surface area contributed by atoms with Crippen molar-refractivity contribution in [2.75, 3.05) is 6.61 Å². The zero-order valence-corrected chi connectivity index (χ0v) is 24.0. The van der Waals surface area contributed by atoms with Gasteiger partial charge in [-0.05, 0) is 19.3 Å². The largest absolute Gasteiger partial charge is 0.394 e. The van der Waals surface area contributed by atoms with Gasteiger partial charge in [-0.15, -0.1) is 0 Å². The van der Waals surface area contributed by atoms with Gasteiger partial charge < -0.3 is 15.5 Å². The van der Waals surface area contributed by atoms with Gasteiger partial charge in [0.2, 0.25) is 5.91 Å². The number of amides is 1. The minimum atomic E-state index is -0.880. The van der Waals surface area contributed by atoms with Crippen molar-refractivity contribution >= 4 is 5.91 Å². The third-order valence-corrected chi connectivity index (χ3v) is 6.99. The second-order valence-corrected chi connectivity index (χ2v) is 10.6. The van der Waals surface area contributed by atoms with E-state index in [2.05, 4.69) is 25.2 Å². The minimum Gasteiger partial charge on any atom is -0.394 e. The molecule has 0 rings (SSSR count). The molecule has 0 aromatic carbocycles. The molecule has 212 valence electrons. The lowest BCUT2D eigenvalue weighted by Gasteiger charge is -2.19. The van der Waals surface area contributed by atoms with Crippen molar-refractivity contribution in [1.82, 2.24) is 5.32 Å². The number of allylic oxidation sites excluding steroid dienone is 3. The summed E-state index contributed by atoms with van der Waals surface area (Å²) in [6.45, 7) is 4.23. The molecule has 0 unspecified atom stereocenters. The van der Waals surface area contributed by atoms with Crippen molar-refractivity contribution in [3.63, 3.8) is 0 Å². The lowest BCUT2D eigenvalue weighted by atomic mass is 10.0. The van der Waals surface area contributed by atoms with Gasteiger partial charge >= 0.3 is 0 Å². The van der Waals surface area contributed by atoms with Crippen molar-refractivity contribution < 1.29 is 15.0 Å². The molecule has 4 nitrogen and oxygen atoms in total.